The predicted octanol–water partition coefficient (Wildman–Crippen LogP) is 2.75. The van der Waals surface area contributed by atoms with Gasteiger partial charge >= 0.3 is 0 Å². The molecule has 0 fully saturated rings. The lowest BCUT2D eigenvalue weighted by atomic mass is 10.0. The Balaban J connectivity index is 1.77. The van der Waals surface area contributed by atoms with Gasteiger partial charge in [0.25, 0.3) is 5.69 Å². The van der Waals surface area contributed by atoms with Gasteiger partial charge in [0.1, 0.15) is 5.75 Å². The molecule has 0 spiro atoms. The first-order valence-electron chi connectivity index (χ1n) is 8.28. The van der Waals surface area contributed by atoms with Crippen LogP contribution in [0.2, 0.25) is 0 Å². The van der Waals surface area contributed by atoms with Crippen molar-refractivity contribution in [3.05, 3.63) is 63.2 Å². The van der Waals surface area contributed by atoms with Crippen LogP contribution in [-0.4, -0.2) is 26.0 Å². The van der Waals surface area contributed by atoms with Crippen LogP contribution in [0.25, 0.3) is 0 Å². The number of sulfonamides is 1. The zero-order valence-corrected chi connectivity index (χ0v) is 15.4. The number of benzene rings is 2. The van der Waals surface area contributed by atoms with Crippen LogP contribution in [0.4, 0.5) is 5.69 Å². The van der Waals surface area contributed by atoms with Crippen molar-refractivity contribution >= 4 is 15.7 Å². The number of aryl methyl sites for hydroxylation is 1. The van der Waals surface area contributed by atoms with Gasteiger partial charge < -0.3 is 4.74 Å². The van der Waals surface area contributed by atoms with Crippen LogP contribution in [0.1, 0.15) is 23.6 Å². The Morgan fingerprint density at radius 3 is 2.77 bits per heavy atom. The summed E-state index contributed by atoms with van der Waals surface area (Å²) in [6.45, 7) is 4.06. The molecule has 7 nitrogen and oxygen atoms in total. The molecule has 2 aromatic carbocycles. The van der Waals surface area contributed by atoms with E-state index in [0.717, 1.165) is 29.4 Å². The number of fused-ring (bicyclic) bond motifs is 1. The number of hydrogen-bond donors (Lipinski definition) is 1. The fourth-order valence-corrected chi connectivity index (χ4v) is 4.59. The van der Waals surface area contributed by atoms with E-state index in [1.807, 2.05) is 18.2 Å². The van der Waals surface area contributed by atoms with Crippen molar-refractivity contribution in [1.29, 1.82) is 0 Å². The lowest BCUT2D eigenvalue weighted by molar-refractivity contribution is -0.385. The second kappa shape index (κ2) is 7.05. The highest BCUT2D eigenvalue weighted by atomic mass is 32.2. The van der Waals surface area contributed by atoms with Crippen LogP contribution in [0.5, 0.6) is 5.75 Å². The second-order valence-electron chi connectivity index (χ2n) is 6.47. The van der Waals surface area contributed by atoms with Crippen molar-refractivity contribution < 1.29 is 18.1 Å². The van der Waals surface area contributed by atoms with Gasteiger partial charge in [-0.15, -0.1) is 0 Å². The molecule has 138 valence electrons. The molecule has 0 aromatic heterocycles. The maximum Gasteiger partial charge on any atom is 0.270 e. The minimum Gasteiger partial charge on any atom is -0.493 e. The molecular formula is C18H20N2O5S. The minimum absolute atomic E-state index is 0.0686. The average molecular weight is 376 g/mol. The fraction of sp³-hybridized carbons (Fsp3) is 0.333. The van der Waals surface area contributed by atoms with Gasteiger partial charge in [-0.2, -0.15) is 0 Å². The highest BCUT2D eigenvalue weighted by molar-refractivity contribution is 7.89. The largest absolute Gasteiger partial charge is 0.493 e. The zero-order chi connectivity index (χ0) is 18.9. The topological polar surface area (TPSA) is 98.5 Å². The van der Waals surface area contributed by atoms with E-state index >= 15 is 0 Å². The molecule has 0 radical (unpaired) electrons. The van der Waals surface area contributed by atoms with Gasteiger partial charge in [0.05, 0.1) is 16.4 Å². The van der Waals surface area contributed by atoms with Crippen LogP contribution in [0.3, 0.4) is 0 Å². The summed E-state index contributed by atoms with van der Waals surface area (Å²) in [5.41, 5.74) is 2.36. The van der Waals surface area contributed by atoms with Gasteiger partial charge in [0.15, 0.2) is 0 Å². The Bertz CT molecular complexity index is 956. The summed E-state index contributed by atoms with van der Waals surface area (Å²) in [5.74, 6) is 0.884. The SMILES string of the molecule is Cc1ccc([N+](=O)[O-])cc1S(=O)(=O)NC(C)Cc1ccc2c(c1)CCO2. The lowest BCUT2D eigenvalue weighted by Crippen LogP contribution is -2.34. The maximum absolute atomic E-state index is 12.7. The third kappa shape index (κ3) is 3.86. The summed E-state index contributed by atoms with van der Waals surface area (Å²) in [4.78, 5) is 10.3. The molecule has 0 saturated heterocycles. The summed E-state index contributed by atoms with van der Waals surface area (Å²) < 4.78 is 33.4. The Hall–Kier alpha value is -2.45. The van der Waals surface area contributed by atoms with Crippen LogP contribution >= 0.6 is 0 Å². The molecule has 8 heteroatoms. The van der Waals surface area contributed by atoms with E-state index in [1.54, 1.807) is 13.8 Å². The highest BCUT2D eigenvalue weighted by Gasteiger charge is 2.23. The highest BCUT2D eigenvalue weighted by Crippen LogP contribution is 2.27. The quantitative estimate of drug-likeness (QED) is 0.617. The summed E-state index contributed by atoms with van der Waals surface area (Å²) in [5, 5.41) is 10.9. The van der Waals surface area contributed by atoms with Crippen molar-refractivity contribution in [1.82, 2.24) is 4.72 Å². The summed E-state index contributed by atoms with van der Waals surface area (Å²) >= 11 is 0. The van der Waals surface area contributed by atoms with E-state index in [2.05, 4.69) is 4.72 Å². The van der Waals surface area contributed by atoms with Crippen LogP contribution in [0.15, 0.2) is 41.3 Å². The third-order valence-electron chi connectivity index (χ3n) is 4.32. The van der Waals surface area contributed by atoms with E-state index in [1.165, 1.54) is 12.1 Å². The molecular weight excluding hydrogens is 356 g/mol. The second-order valence-corrected chi connectivity index (χ2v) is 8.16. The number of hydrogen-bond acceptors (Lipinski definition) is 5. The Labute approximate surface area is 152 Å². The van der Waals surface area contributed by atoms with Gasteiger partial charge in [0.2, 0.25) is 10.0 Å². The van der Waals surface area contributed by atoms with E-state index < -0.39 is 14.9 Å². The molecule has 0 bridgehead atoms. The van der Waals surface area contributed by atoms with E-state index in [4.69, 9.17) is 4.74 Å². The molecule has 0 amide bonds. The molecule has 1 heterocycles. The molecule has 1 aliphatic heterocycles. The van der Waals surface area contributed by atoms with Crippen LogP contribution < -0.4 is 9.46 Å². The first kappa shape index (κ1) is 18.3. The van der Waals surface area contributed by atoms with Gasteiger partial charge in [-0.3, -0.25) is 10.1 Å². The number of nitrogens with one attached hydrogen (secondary N) is 1. The number of rotatable bonds is 6. The van der Waals surface area contributed by atoms with Crippen LogP contribution in [-0.2, 0) is 22.9 Å². The third-order valence-corrected chi connectivity index (χ3v) is 6.06. The number of ether oxygens (including phenoxy) is 1. The summed E-state index contributed by atoms with van der Waals surface area (Å²) in [6, 6.07) is 9.33. The number of nitro groups is 1. The molecule has 1 unspecified atom stereocenters. The van der Waals surface area contributed by atoms with Crippen molar-refractivity contribution in [3.63, 3.8) is 0 Å². The molecule has 1 atom stereocenters. The van der Waals surface area contributed by atoms with Crippen molar-refractivity contribution in [3.8, 4) is 5.75 Å². The molecule has 3 rings (SSSR count). The molecule has 2 aromatic rings. The van der Waals surface area contributed by atoms with Crippen molar-refractivity contribution in [2.24, 2.45) is 0 Å². The first-order chi connectivity index (χ1) is 12.3. The molecule has 0 saturated carbocycles. The van der Waals surface area contributed by atoms with Crippen molar-refractivity contribution in [2.75, 3.05) is 6.61 Å². The standard InChI is InChI=1S/C18H20N2O5S/c1-12-3-5-16(20(21)22)11-18(12)26(23,24)19-13(2)9-14-4-6-17-15(10-14)7-8-25-17/h3-6,10-11,13,19H,7-9H2,1-2H3. The Kier molecular flexibility index (Phi) is 4.97. The van der Waals surface area contributed by atoms with Gasteiger partial charge in [-0.05, 0) is 43.0 Å². The minimum atomic E-state index is -3.86. The number of nitro benzene ring substituents is 1. The molecule has 26 heavy (non-hydrogen) atoms. The normalized spacial score (nSPS) is 14.5. The Morgan fingerprint density at radius 1 is 1.27 bits per heavy atom. The van der Waals surface area contributed by atoms with E-state index in [-0.39, 0.29) is 16.6 Å². The van der Waals surface area contributed by atoms with Gasteiger partial charge in [-0.25, -0.2) is 13.1 Å². The zero-order valence-electron chi connectivity index (χ0n) is 14.6. The summed E-state index contributed by atoms with van der Waals surface area (Å²) in [6.07, 6.45) is 1.37. The molecule has 1 aliphatic rings. The number of nitrogens with zero attached hydrogens (tertiary/aromatic N) is 1. The Morgan fingerprint density at radius 2 is 2.04 bits per heavy atom. The average Bonchev–Trinajstić information content (AvgIpc) is 3.01. The van der Waals surface area contributed by atoms with Crippen LogP contribution in [0, 0.1) is 17.0 Å². The van der Waals surface area contributed by atoms with E-state index in [0.29, 0.717) is 18.6 Å². The lowest BCUT2D eigenvalue weighted by Gasteiger charge is -2.16. The molecule has 1 N–H and O–H groups in total. The van der Waals surface area contributed by atoms with Gasteiger partial charge in [0, 0.05) is 24.6 Å². The predicted molar refractivity (Wildman–Crippen MR) is 97.0 cm³/mol. The first-order valence-corrected chi connectivity index (χ1v) is 9.76. The monoisotopic (exact) mass is 376 g/mol. The smallest absolute Gasteiger partial charge is 0.270 e. The maximum atomic E-state index is 12.7. The van der Waals surface area contributed by atoms with Gasteiger partial charge in [-0.1, -0.05) is 18.2 Å². The summed E-state index contributed by atoms with van der Waals surface area (Å²) in [7, 11) is -3.86. The molecule has 0 aliphatic carbocycles. The van der Waals surface area contributed by atoms with E-state index in [9.17, 15) is 18.5 Å². The van der Waals surface area contributed by atoms with Crippen molar-refractivity contribution in [2.45, 2.75) is 37.6 Å². The number of non-ortho nitro benzene ring substituents is 1. The fourth-order valence-electron chi connectivity index (χ4n) is 3.08.